The second-order valence-electron chi connectivity index (χ2n) is 10.1. The van der Waals surface area contributed by atoms with E-state index < -0.39 is 15.4 Å². The molecule has 1 saturated carbocycles. The van der Waals surface area contributed by atoms with Crippen molar-refractivity contribution in [3.8, 4) is 22.6 Å². The summed E-state index contributed by atoms with van der Waals surface area (Å²) in [5.74, 6) is 1.60. The number of sulfonamides is 1. The zero-order valence-corrected chi connectivity index (χ0v) is 21.2. The lowest BCUT2D eigenvalue weighted by atomic mass is 9.87. The average molecular weight is 520 g/mol. The second-order valence-corrected chi connectivity index (χ2v) is 12.0. The Morgan fingerprint density at radius 1 is 0.973 bits per heavy atom. The van der Waals surface area contributed by atoms with Gasteiger partial charge in [-0.25, -0.2) is 8.42 Å². The fourth-order valence-electron chi connectivity index (χ4n) is 5.53. The minimum Gasteiger partial charge on any atom is -0.454 e. The van der Waals surface area contributed by atoms with E-state index in [1.165, 1.54) is 4.31 Å². The summed E-state index contributed by atoms with van der Waals surface area (Å²) < 4.78 is 38.5. The van der Waals surface area contributed by atoms with E-state index in [1.54, 1.807) is 24.3 Å². The van der Waals surface area contributed by atoms with Gasteiger partial charge in [0.15, 0.2) is 11.5 Å². The lowest BCUT2D eigenvalue weighted by molar-refractivity contribution is -0.120. The van der Waals surface area contributed by atoms with Gasteiger partial charge in [0, 0.05) is 19.0 Å². The first kappa shape index (κ1) is 24.2. The van der Waals surface area contributed by atoms with Gasteiger partial charge in [-0.2, -0.15) is 4.31 Å². The van der Waals surface area contributed by atoms with Crippen molar-refractivity contribution in [2.45, 2.75) is 48.5 Å². The summed E-state index contributed by atoms with van der Waals surface area (Å²) in [6, 6.07) is 20.1. The summed E-state index contributed by atoms with van der Waals surface area (Å²) in [6.45, 7) is 0.471. The Hall–Kier alpha value is -3.20. The van der Waals surface area contributed by atoms with Crippen molar-refractivity contribution >= 4 is 15.8 Å². The summed E-state index contributed by atoms with van der Waals surface area (Å²) in [4.78, 5) is 13.6. The molecule has 0 unspecified atom stereocenters. The van der Waals surface area contributed by atoms with Gasteiger partial charge >= 0.3 is 0 Å². The second kappa shape index (κ2) is 9.28. The molecule has 0 radical (unpaired) electrons. The molecule has 8 heteroatoms. The number of carbonyl (C=O) groups is 1. The molecule has 3 aromatic carbocycles. The molecule has 192 valence electrons. The van der Waals surface area contributed by atoms with Crippen molar-refractivity contribution in [2.75, 3.05) is 19.9 Å². The number of aliphatic hydroxyl groups excluding tert-OH is 1. The molecular weight excluding hydrogens is 490 g/mol. The van der Waals surface area contributed by atoms with Crippen molar-refractivity contribution in [3.05, 3.63) is 77.9 Å². The van der Waals surface area contributed by atoms with E-state index in [2.05, 4.69) is 0 Å². The third-order valence-corrected chi connectivity index (χ3v) is 9.79. The molecule has 1 aliphatic carbocycles. The molecular formula is C29H29NO6S. The number of ketones is 1. The lowest BCUT2D eigenvalue weighted by Gasteiger charge is -2.22. The van der Waals surface area contributed by atoms with E-state index in [-0.39, 0.29) is 30.1 Å². The fraction of sp³-hybridized carbons (Fsp3) is 0.345. The van der Waals surface area contributed by atoms with Crippen molar-refractivity contribution in [1.82, 2.24) is 4.31 Å². The molecule has 3 aromatic rings. The summed E-state index contributed by atoms with van der Waals surface area (Å²) in [5.41, 5.74) is 3.25. The smallest absolute Gasteiger partial charge is 0.243 e. The molecule has 6 rings (SSSR count). The zero-order valence-electron chi connectivity index (χ0n) is 20.4. The van der Waals surface area contributed by atoms with E-state index in [1.807, 2.05) is 42.5 Å². The van der Waals surface area contributed by atoms with Crippen LogP contribution in [0.2, 0.25) is 0 Å². The number of benzene rings is 3. The van der Waals surface area contributed by atoms with Crippen LogP contribution in [0.5, 0.6) is 11.5 Å². The average Bonchev–Trinajstić information content (AvgIpc) is 3.35. The first-order valence-corrected chi connectivity index (χ1v) is 14.1. The molecule has 2 heterocycles. The summed E-state index contributed by atoms with van der Waals surface area (Å²) in [6.07, 6.45) is 3.41. The molecule has 7 nitrogen and oxygen atoms in total. The maximum atomic E-state index is 13.4. The van der Waals surface area contributed by atoms with Crippen molar-refractivity contribution in [2.24, 2.45) is 0 Å². The highest BCUT2D eigenvalue weighted by Gasteiger charge is 2.50. The van der Waals surface area contributed by atoms with E-state index >= 15 is 0 Å². The van der Waals surface area contributed by atoms with Crippen molar-refractivity contribution in [1.29, 1.82) is 0 Å². The van der Waals surface area contributed by atoms with Crippen LogP contribution >= 0.6 is 0 Å². The van der Waals surface area contributed by atoms with Crippen LogP contribution in [0.25, 0.3) is 11.1 Å². The van der Waals surface area contributed by atoms with E-state index in [9.17, 15) is 18.3 Å². The lowest BCUT2D eigenvalue weighted by Crippen LogP contribution is -2.37. The van der Waals surface area contributed by atoms with Gasteiger partial charge in [0.2, 0.25) is 16.8 Å². The Kier molecular flexibility index (Phi) is 6.06. The highest BCUT2D eigenvalue weighted by molar-refractivity contribution is 7.89. The van der Waals surface area contributed by atoms with Crippen molar-refractivity contribution < 1.29 is 27.8 Å². The molecule has 0 aromatic heterocycles. The number of Topliss-reactive ketones (excluding diaryl/α,β-unsaturated/α-hetero) is 1. The quantitative estimate of drug-likeness (QED) is 0.482. The van der Waals surface area contributed by atoms with Gasteiger partial charge in [-0.05, 0) is 72.2 Å². The summed E-state index contributed by atoms with van der Waals surface area (Å²) >= 11 is 0. The molecule has 0 bridgehead atoms. The largest absolute Gasteiger partial charge is 0.454 e. The highest BCUT2D eigenvalue weighted by atomic mass is 32.2. The van der Waals surface area contributed by atoms with Gasteiger partial charge in [-0.3, -0.25) is 4.79 Å². The van der Waals surface area contributed by atoms with Crippen LogP contribution in [0.3, 0.4) is 0 Å². The molecule has 1 saturated heterocycles. The number of nitrogens with zero attached hydrogens (tertiary/aromatic N) is 1. The van der Waals surface area contributed by atoms with Crippen molar-refractivity contribution in [3.63, 3.8) is 0 Å². The first-order chi connectivity index (χ1) is 17.9. The number of carbonyl (C=O) groups excluding carboxylic acids is 1. The van der Waals surface area contributed by atoms with Gasteiger partial charge < -0.3 is 14.6 Å². The van der Waals surface area contributed by atoms with Crippen LogP contribution in [0.1, 0.15) is 36.8 Å². The third kappa shape index (κ3) is 4.33. The molecule has 0 amide bonds. The molecule has 37 heavy (non-hydrogen) atoms. The van der Waals surface area contributed by atoms with Crippen LogP contribution in [0, 0.1) is 0 Å². The van der Waals surface area contributed by atoms with Gasteiger partial charge in [0.25, 0.3) is 0 Å². The number of aliphatic hydroxyl groups is 1. The van der Waals surface area contributed by atoms with Gasteiger partial charge in [-0.15, -0.1) is 0 Å². The number of fused-ring (bicyclic) bond motifs is 1. The van der Waals surface area contributed by atoms with Gasteiger partial charge in [-0.1, -0.05) is 42.5 Å². The zero-order chi connectivity index (χ0) is 25.6. The van der Waals surface area contributed by atoms with Crippen LogP contribution in [0.4, 0.5) is 0 Å². The van der Waals surface area contributed by atoms with E-state index in [0.717, 1.165) is 41.5 Å². The maximum Gasteiger partial charge on any atom is 0.243 e. The Labute approximate surface area is 216 Å². The molecule has 2 aliphatic heterocycles. The summed E-state index contributed by atoms with van der Waals surface area (Å²) in [5, 5.41) is 9.54. The molecule has 3 aliphatic rings. The van der Waals surface area contributed by atoms with E-state index in [0.29, 0.717) is 30.9 Å². The Bertz CT molecular complexity index is 1450. The molecule has 1 atom stereocenters. The molecule has 0 spiro atoms. The van der Waals surface area contributed by atoms with Gasteiger partial charge in [0.1, 0.15) is 5.78 Å². The SMILES string of the molecule is O=C(Cc1cccc(-c2ccc(S(=O)(=O)N3CCC[C@@H]3CO)cc2)c1)C1(c2ccc3c(c2)OCO3)CC1. The number of ether oxygens (including phenoxy) is 2. The Morgan fingerprint density at radius 2 is 1.76 bits per heavy atom. The number of hydrogen-bond donors (Lipinski definition) is 1. The Balaban J connectivity index is 1.19. The topological polar surface area (TPSA) is 93.1 Å². The minimum atomic E-state index is -3.65. The number of rotatable bonds is 8. The van der Waals surface area contributed by atoms with Gasteiger partial charge in [0.05, 0.1) is 16.9 Å². The Morgan fingerprint density at radius 3 is 2.51 bits per heavy atom. The van der Waals surface area contributed by atoms with Crippen LogP contribution in [-0.2, 0) is 26.7 Å². The predicted molar refractivity (Wildman–Crippen MR) is 138 cm³/mol. The van der Waals surface area contributed by atoms with Crippen LogP contribution in [-0.4, -0.2) is 49.6 Å². The minimum absolute atomic E-state index is 0.168. The summed E-state index contributed by atoms with van der Waals surface area (Å²) in [7, 11) is -3.65. The fourth-order valence-corrected chi connectivity index (χ4v) is 7.21. The van der Waals surface area contributed by atoms with Crippen LogP contribution < -0.4 is 9.47 Å². The predicted octanol–water partition coefficient (Wildman–Crippen LogP) is 4.07. The maximum absolute atomic E-state index is 13.4. The molecule has 1 N–H and O–H groups in total. The molecule has 2 fully saturated rings. The van der Waals surface area contributed by atoms with E-state index in [4.69, 9.17) is 9.47 Å². The number of hydrogen-bond acceptors (Lipinski definition) is 6. The third-order valence-electron chi connectivity index (χ3n) is 7.83. The monoisotopic (exact) mass is 519 g/mol. The first-order valence-electron chi connectivity index (χ1n) is 12.7. The van der Waals surface area contributed by atoms with Crippen LogP contribution in [0.15, 0.2) is 71.6 Å². The standard InChI is InChI=1S/C29H29NO6S/c31-18-24-5-2-14-30(24)37(33,34)25-9-6-21(7-10-25)22-4-1-3-20(15-22)16-28(32)29(12-13-29)23-8-11-26-27(17-23)36-19-35-26/h1,3-4,6-11,15,17,24,31H,2,5,12-14,16,18-19H2/t24-/m1/s1. The highest BCUT2D eigenvalue weighted by Crippen LogP contribution is 2.51. The normalized spacial score (nSPS) is 20.2.